The maximum atomic E-state index is 5.86. The highest BCUT2D eigenvalue weighted by molar-refractivity contribution is 9.10. The standard InChI is InChI=1S/C13H19BrN2/c14-11-6-3-7-12(8-11)16-13(9-15)10-4-1-2-5-10/h3,6-8,10,13,16H,1-2,4-5,9,15H2. The molecule has 2 rings (SSSR count). The van der Waals surface area contributed by atoms with Crippen LogP contribution in [0.4, 0.5) is 5.69 Å². The van der Waals surface area contributed by atoms with Crippen molar-refractivity contribution in [2.24, 2.45) is 11.7 Å². The van der Waals surface area contributed by atoms with E-state index in [1.54, 1.807) is 0 Å². The van der Waals surface area contributed by atoms with Crippen molar-refractivity contribution in [3.8, 4) is 0 Å². The number of hydrogen-bond donors (Lipinski definition) is 2. The topological polar surface area (TPSA) is 38.0 Å². The van der Waals surface area contributed by atoms with Gasteiger partial charge in [0.05, 0.1) is 0 Å². The van der Waals surface area contributed by atoms with Gasteiger partial charge in [-0.15, -0.1) is 0 Å². The van der Waals surface area contributed by atoms with Crippen molar-refractivity contribution < 1.29 is 0 Å². The molecule has 3 heteroatoms. The summed E-state index contributed by atoms with van der Waals surface area (Å²) in [6.45, 7) is 0.719. The van der Waals surface area contributed by atoms with Crippen molar-refractivity contribution in [3.05, 3.63) is 28.7 Å². The summed E-state index contributed by atoms with van der Waals surface area (Å²) in [4.78, 5) is 0. The number of halogens is 1. The van der Waals surface area contributed by atoms with Gasteiger partial charge in [-0.2, -0.15) is 0 Å². The molecule has 0 aliphatic heterocycles. The molecule has 1 aliphatic carbocycles. The zero-order valence-electron chi connectivity index (χ0n) is 9.45. The Hall–Kier alpha value is -0.540. The van der Waals surface area contributed by atoms with Crippen LogP contribution in [0.3, 0.4) is 0 Å². The molecule has 1 saturated carbocycles. The van der Waals surface area contributed by atoms with E-state index in [4.69, 9.17) is 5.73 Å². The van der Waals surface area contributed by atoms with E-state index in [0.717, 1.165) is 22.6 Å². The first-order chi connectivity index (χ1) is 7.79. The number of rotatable bonds is 4. The van der Waals surface area contributed by atoms with Gasteiger partial charge in [0.2, 0.25) is 0 Å². The highest BCUT2D eigenvalue weighted by atomic mass is 79.9. The fraction of sp³-hybridized carbons (Fsp3) is 0.538. The molecular weight excluding hydrogens is 264 g/mol. The molecule has 0 heterocycles. The number of nitrogens with one attached hydrogen (secondary N) is 1. The van der Waals surface area contributed by atoms with Crippen molar-refractivity contribution in [3.63, 3.8) is 0 Å². The van der Waals surface area contributed by atoms with E-state index < -0.39 is 0 Å². The number of benzene rings is 1. The molecule has 0 aromatic heterocycles. The van der Waals surface area contributed by atoms with Gasteiger partial charge < -0.3 is 11.1 Å². The van der Waals surface area contributed by atoms with E-state index in [1.165, 1.54) is 25.7 Å². The van der Waals surface area contributed by atoms with E-state index in [-0.39, 0.29) is 0 Å². The van der Waals surface area contributed by atoms with Crippen molar-refractivity contribution in [2.45, 2.75) is 31.7 Å². The van der Waals surface area contributed by atoms with E-state index in [2.05, 4.69) is 39.4 Å². The second-order valence-electron chi connectivity index (χ2n) is 4.54. The number of anilines is 1. The lowest BCUT2D eigenvalue weighted by atomic mass is 9.98. The van der Waals surface area contributed by atoms with Gasteiger partial charge in [0.1, 0.15) is 0 Å². The van der Waals surface area contributed by atoms with Gasteiger partial charge in [0.25, 0.3) is 0 Å². The van der Waals surface area contributed by atoms with E-state index in [0.29, 0.717) is 6.04 Å². The lowest BCUT2D eigenvalue weighted by molar-refractivity contribution is 0.462. The van der Waals surface area contributed by atoms with Crippen molar-refractivity contribution >= 4 is 21.6 Å². The predicted octanol–water partition coefficient (Wildman–Crippen LogP) is 3.38. The average Bonchev–Trinajstić information content (AvgIpc) is 2.79. The Morgan fingerprint density at radius 2 is 2.12 bits per heavy atom. The first-order valence-electron chi connectivity index (χ1n) is 6.02. The number of nitrogens with two attached hydrogens (primary N) is 1. The molecule has 3 N–H and O–H groups in total. The Kier molecular flexibility index (Phi) is 4.24. The van der Waals surface area contributed by atoms with Crippen LogP contribution in [0.2, 0.25) is 0 Å². The second-order valence-corrected chi connectivity index (χ2v) is 5.46. The Labute approximate surface area is 106 Å². The molecule has 0 spiro atoms. The summed E-state index contributed by atoms with van der Waals surface area (Å²) in [7, 11) is 0. The van der Waals surface area contributed by atoms with Gasteiger partial charge in [-0.05, 0) is 37.0 Å². The molecule has 1 aromatic rings. The Morgan fingerprint density at radius 1 is 1.38 bits per heavy atom. The zero-order valence-corrected chi connectivity index (χ0v) is 11.0. The van der Waals surface area contributed by atoms with Crippen LogP contribution >= 0.6 is 15.9 Å². The normalized spacial score (nSPS) is 18.6. The van der Waals surface area contributed by atoms with Crippen molar-refractivity contribution in [2.75, 3.05) is 11.9 Å². The SMILES string of the molecule is NCC(Nc1cccc(Br)c1)C1CCCC1. The molecule has 1 unspecified atom stereocenters. The van der Waals surface area contributed by atoms with Gasteiger partial charge in [-0.25, -0.2) is 0 Å². The molecule has 1 aliphatic rings. The average molecular weight is 283 g/mol. The highest BCUT2D eigenvalue weighted by Gasteiger charge is 2.23. The third kappa shape index (κ3) is 2.98. The maximum Gasteiger partial charge on any atom is 0.0411 e. The van der Waals surface area contributed by atoms with E-state index in [1.807, 2.05) is 6.07 Å². The maximum absolute atomic E-state index is 5.86. The molecule has 0 amide bonds. The third-order valence-electron chi connectivity index (χ3n) is 3.40. The summed E-state index contributed by atoms with van der Waals surface area (Å²) in [5, 5.41) is 3.56. The zero-order chi connectivity index (χ0) is 11.4. The summed E-state index contributed by atoms with van der Waals surface area (Å²) in [5.74, 6) is 0.754. The molecule has 1 atom stereocenters. The van der Waals surface area contributed by atoms with Gasteiger partial charge >= 0.3 is 0 Å². The third-order valence-corrected chi connectivity index (χ3v) is 3.89. The summed E-state index contributed by atoms with van der Waals surface area (Å²) in [6.07, 6.45) is 5.37. The predicted molar refractivity (Wildman–Crippen MR) is 72.6 cm³/mol. The molecule has 88 valence electrons. The number of hydrogen-bond acceptors (Lipinski definition) is 2. The Morgan fingerprint density at radius 3 is 2.75 bits per heavy atom. The molecule has 0 saturated heterocycles. The Balaban J connectivity index is 2.00. The van der Waals surface area contributed by atoms with Gasteiger partial charge in [-0.1, -0.05) is 34.8 Å². The molecule has 1 fully saturated rings. The monoisotopic (exact) mass is 282 g/mol. The van der Waals surface area contributed by atoms with Crippen LogP contribution in [0.5, 0.6) is 0 Å². The van der Waals surface area contributed by atoms with Crippen molar-refractivity contribution in [1.82, 2.24) is 0 Å². The molecule has 0 radical (unpaired) electrons. The van der Waals surface area contributed by atoms with Crippen LogP contribution in [0.25, 0.3) is 0 Å². The molecular formula is C13H19BrN2. The first-order valence-corrected chi connectivity index (χ1v) is 6.81. The molecule has 1 aromatic carbocycles. The smallest absolute Gasteiger partial charge is 0.0411 e. The van der Waals surface area contributed by atoms with Crippen LogP contribution in [0, 0.1) is 5.92 Å². The quantitative estimate of drug-likeness (QED) is 0.889. The lowest BCUT2D eigenvalue weighted by Crippen LogP contribution is -2.35. The lowest BCUT2D eigenvalue weighted by Gasteiger charge is -2.24. The van der Waals surface area contributed by atoms with E-state index in [9.17, 15) is 0 Å². The van der Waals surface area contributed by atoms with Crippen molar-refractivity contribution in [1.29, 1.82) is 0 Å². The van der Waals surface area contributed by atoms with Crippen LogP contribution in [-0.2, 0) is 0 Å². The van der Waals surface area contributed by atoms with Gasteiger partial charge in [-0.3, -0.25) is 0 Å². The summed E-state index contributed by atoms with van der Waals surface area (Å²) >= 11 is 3.49. The summed E-state index contributed by atoms with van der Waals surface area (Å²) < 4.78 is 1.11. The minimum atomic E-state index is 0.428. The molecule has 16 heavy (non-hydrogen) atoms. The van der Waals surface area contributed by atoms with Gasteiger partial charge in [0, 0.05) is 22.7 Å². The van der Waals surface area contributed by atoms with Crippen LogP contribution in [0.1, 0.15) is 25.7 Å². The van der Waals surface area contributed by atoms with Crippen LogP contribution in [-0.4, -0.2) is 12.6 Å². The van der Waals surface area contributed by atoms with Crippen LogP contribution in [0.15, 0.2) is 28.7 Å². The second kappa shape index (κ2) is 5.69. The van der Waals surface area contributed by atoms with Gasteiger partial charge in [0.15, 0.2) is 0 Å². The van der Waals surface area contributed by atoms with E-state index >= 15 is 0 Å². The largest absolute Gasteiger partial charge is 0.381 e. The minimum absolute atomic E-state index is 0.428. The minimum Gasteiger partial charge on any atom is -0.381 e. The summed E-state index contributed by atoms with van der Waals surface area (Å²) in [5.41, 5.74) is 7.03. The van der Waals surface area contributed by atoms with Crippen LogP contribution < -0.4 is 11.1 Å². The highest BCUT2D eigenvalue weighted by Crippen LogP contribution is 2.29. The fourth-order valence-corrected chi connectivity index (χ4v) is 2.92. The Bertz CT molecular complexity index is 334. The summed E-state index contributed by atoms with van der Waals surface area (Å²) in [6, 6.07) is 8.73. The molecule has 0 bridgehead atoms. The fourth-order valence-electron chi connectivity index (χ4n) is 2.52. The first kappa shape index (κ1) is 11.9. The molecule has 2 nitrogen and oxygen atoms in total.